The van der Waals surface area contributed by atoms with Gasteiger partial charge in [-0.15, -0.1) is 0 Å². The van der Waals surface area contributed by atoms with Crippen molar-refractivity contribution in [2.75, 3.05) is 37.7 Å². The van der Waals surface area contributed by atoms with E-state index < -0.39 is 11.7 Å². The number of carbonyl (C=O) groups is 1. The smallest absolute Gasteiger partial charge is 0.376 e. The zero-order valence-corrected chi connectivity index (χ0v) is 19.4. The summed E-state index contributed by atoms with van der Waals surface area (Å²) in [6.07, 6.45) is -1.61. The lowest BCUT2D eigenvalue weighted by atomic mass is 9.96. The Morgan fingerprint density at radius 1 is 1.18 bits per heavy atom. The summed E-state index contributed by atoms with van der Waals surface area (Å²) in [4.78, 5) is 20.8. The highest BCUT2D eigenvalue weighted by molar-refractivity contribution is 5.79. The number of rotatable bonds is 6. The normalized spacial score (nSPS) is 21.9. The van der Waals surface area contributed by atoms with Gasteiger partial charge in [0.15, 0.2) is 0 Å². The molecule has 9 heteroatoms. The molecule has 2 atom stereocenters. The number of nitrogens with zero attached hydrogens (tertiary/aromatic N) is 3. The van der Waals surface area contributed by atoms with E-state index in [4.69, 9.17) is 4.74 Å². The van der Waals surface area contributed by atoms with Gasteiger partial charge in [0, 0.05) is 45.5 Å². The second-order valence-corrected chi connectivity index (χ2v) is 9.11. The minimum atomic E-state index is -4.48. The largest absolute Gasteiger partial charge is 0.419 e. The minimum absolute atomic E-state index is 0.0994. The third kappa shape index (κ3) is 6.27. The highest BCUT2D eigenvalue weighted by Gasteiger charge is 2.37. The Bertz CT molecular complexity index is 985. The number of piperidine rings is 1. The highest BCUT2D eigenvalue weighted by atomic mass is 19.4. The van der Waals surface area contributed by atoms with Crippen molar-refractivity contribution in [1.29, 1.82) is 0 Å². The van der Waals surface area contributed by atoms with Crippen molar-refractivity contribution < 1.29 is 22.7 Å². The number of hydrogen-bond acceptors (Lipinski definition) is 5. The van der Waals surface area contributed by atoms with Gasteiger partial charge in [-0.1, -0.05) is 24.3 Å². The van der Waals surface area contributed by atoms with Crippen LogP contribution in [0.3, 0.4) is 0 Å². The molecule has 4 rings (SSSR count). The fourth-order valence-corrected chi connectivity index (χ4v) is 4.72. The van der Waals surface area contributed by atoms with E-state index in [-0.39, 0.29) is 30.3 Å². The number of amides is 1. The maximum absolute atomic E-state index is 13.4. The molecule has 2 aromatic rings. The maximum Gasteiger partial charge on any atom is 0.419 e. The van der Waals surface area contributed by atoms with Crippen LogP contribution in [0.1, 0.15) is 36.5 Å². The fraction of sp³-hybridized carbons (Fsp3) is 0.520. The van der Waals surface area contributed by atoms with Crippen molar-refractivity contribution in [2.45, 2.75) is 45.1 Å². The van der Waals surface area contributed by atoms with E-state index >= 15 is 0 Å². The van der Waals surface area contributed by atoms with Crippen LogP contribution in [0.15, 0.2) is 42.6 Å². The molecule has 34 heavy (non-hydrogen) atoms. The van der Waals surface area contributed by atoms with Crippen LogP contribution in [-0.4, -0.2) is 54.7 Å². The predicted molar refractivity (Wildman–Crippen MR) is 123 cm³/mol. The lowest BCUT2D eigenvalue weighted by Gasteiger charge is -2.34. The third-order valence-corrected chi connectivity index (χ3v) is 6.37. The Morgan fingerprint density at radius 2 is 2.00 bits per heavy atom. The second kappa shape index (κ2) is 10.7. The van der Waals surface area contributed by atoms with E-state index in [9.17, 15) is 18.0 Å². The van der Waals surface area contributed by atoms with Gasteiger partial charge in [-0.2, -0.15) is 13.2 Å². The molecule has 0 bridgehead atoms. The number of anilines is 1. The Labute approximate surface area is 198 Å². The third-order valence-electron chi connectivity index (χ3n) is 6.37. The summed E-state index contributed by atoms with van der Waals surface area (Å²) in [5.41, 5.74) is 1.42. The molecule has 1 aromatic carbocycles. The van der Waals surface area contributed by atoms with Crippen LogP contribution in [0.4, 0.5) is 19.0 Å². The molecule has 1 amide bonds. The molecule has 2 fully saturated rings. The summed E-state index contributed by atoms with van der Waals surface area (Å²) in [5.74, 6) is -0.617. The lowest BCUT2D eigenvalue weighted by molar-refractivity contribution is -0.137. The molecule has 6 nitrogen and oxygen atoms in total. The van der Waals surface area contributed by atoms with Crippen LogP contribution in [0, 0.1) is 5.92 Å². The van der Waals surface area contributed by atoms with E-state index in [2.05, 4.69) is 34.3 Å². The molecule has 0 radical (unpaired) electrons. The SMILES string of the molecule is CC1CN(Cc2cccc(CNC(=O)C3CCCN(c4ncccc4C(F)(F)F)C3)c2)CCO1. The second-order valence-electron chi connectivity index (χ2n) is 9.11. The number of aromatic nitrogens is 1. The Morgan fingerprint density at radius 3 is 2.79 bits per heavy atom. The number of ether oxygens (including phenoxy) is 1. The van der Waals surface area contributed by atoms with Crippen molar-refractivity contribution in [2.24, 2.45) is 5.92 Å². The number of benzene rings is 1. The van der Waals surface area contributed by atoms with Gasteiger partial charge in [0.05, 0.1) is 24.2 Å². The van der Waals surface area contributed by atoms with Crippen LogP contribution in [-0.2, 0) is 28.8 Å². The number of hydrogen-bond donors (Lipinski definition) is 1. The summed E-state index contributed by atoms with van der Waals surface area (Å²) in [6, 6.07) is 10.5. The molecule has 184 valence electrons. The Kier molecular flexibility index (Phi) is 7.73. The predicted octanol–water partition coefficient (Wildman–Crippen LogP) is 3.85. The molecule has 0 aliphatic carbocycles. The zero-order valence-electron chi connectivity index (χ0n) is 19.4. The lowest BCUT2D eigenvalue weighted by Crippen LogP contribution is -2.43. The molecule has 0 spiro atoms. The first-order valence-corrected chi connectivity index (χ1v) is 11.8. The van der Waals surface area contributed by atoms with Crippen molar-refractivity contribution in [1.82, 2.24) is 15.2 Å². The number of carbonyl (C=O) groups excluding carboxylic acids is 1. The molecule has 2 aliphatic heterocycles. The molecule has 2 unspecified atom stereocenters. The number of nitrogens with one attached hydrogen (secondary N) is 1. The van der Waals surface area contributed by atoms with E-state index in [0.717, 1.165) is 37.9 Å². The van der Waals surface area contributed by atoms with Gasteiger partial charge in [-0.25, -0.2) is 4.98 Å². The first-order valence-electron chi connectivity index (χ1n) is 11.8. The molecular formula is C25H31F3N4O2. The van der Waals surface area contributed by atoms with Crippen molar-refractivity contribution in [3.8, 4) is 0 Å². The monoisotopic (exact) mass is 476 g/mol. The maximum atomic E-state index is 13.4. The molecular weight excluding hydrogens is 445 g/mol. The average molecular weight is 477 g/mol. The fourth-order valence-electron chi connectivity index (χ4n) is 4.72. The molecule has 2 aliphatic rings. The molecule has 2 saturated heterocycles. The van der Waals surface area contributed by atoms with E-state index in [1.807, 2.05) is 12.1 Å². The van der Waals surface area contributed by atoms with Crippen LogP contribution in [0.5, 0.6) is 0 Å². The summed E-state index contributed by atoms with van der Waals surface area (Å²) in [7, 11) is 0. The Balaban J connectivity index is 1.34. The first kappa shape index (κ1) is 24.5. The minimum Gasteiger partial charge on any atom is -0.376 e. The summed E-state index contributed by atoms with van der Waals surface area (Å²) in [6.45, 7) is 6.49. The van der Waals surface area contributed by atoms with E-state index in [1.54, 1.807) is 4.90 Å². The Hall–Kier alpha value is -2.65. The van der Waals surface area contributed by atoms with Gasteiger partial charge in [0.2, 0.25) is 5.91 Å². The number of pyridine rings is 1. The van der Waals surface area contributed by atoms with E-state index in [0.29, 0.717) is 25.9 Å². The van der Waals surface area contributed by atoms with E-state index in [1.165, 1.54) is 17.8 Å². The zero-order chi connectivity index (χ0) is 24.1. The van der Waals surface area contributed by atoms with Crippen LogP contribution < -0.4 is 10.2 Å². The van der Waals surface area contributed by atoms with Gasteiger partial charge in [0.25, 0.3) is 0 Å². The van der Waals surface area contributed by atoms with Gasteiger partial charge < -0.3 is 15.0 Å². The molecule has 1 aromatic heterocycles. The topological polar surface area (TPSA) is 57.7 Å². The average Bonchev–Trinajstić information content (AvgIpc) is 2.82. The summed E-state index contributed by atoms with van der Waals surface area (Å²) < 4.78 is 45.8. The molecule has 0 saturated carbocycles. The summed E-state index contributed by atoms with van der Waals surface area (Å²) >= 11 is 0. The number of morpholine rings is 1. The quantitative estimate of drug-likeness (QED) is 0.687. The van der Waals surface area contributed by atoms with Crippen LogP contribution >= 0.6 is 0 Å². The van der Waals surface area contributed by atoms with Crippen LogP contribution in [0.2, 0.25) is 0 Å². The molecule has 3 heterocycles. The van der Waals surface area contributed by atoms with Gasteiger partial charge in [0.1, 0.15) is 5.82 Å². The van der Waals surface area contributed by atoms with Gasteiger partial charge in [-0.05, 0) is 43.0 Å². The number of halogens is 3. The highest BCUT2D eigenvalue weighted by Crippen LogP contribution is 2.36. The standard InChI is InChI=1S/C25H31F3N4O2/c1-18-15-31(11-12-34-18)16-20-6-2-5-19(13-20)14-30-24(33)21-7-4-10-32(17-21)23-22(25(26,27)28)8-3-9-29-23/h2-3,5-6,8-9,13,18,21H,4,7,10-12,14-17H2,1H3,(H,30,33). The van der Waals surface area contributed by atoms with Crippen molar-refractivity contribution in [3.63, 3.8) is 0 Å². The first-order chi connectivity index (χ1) is 16.3. The number of alkyl halides is 3. The van der Waals surface area contributed by atoms with Gasteiger partial charge >= 0.3 is 6.18 Å². The van der Waals surface area contributed by atoms with Crippen molar-refractivity contribution in [3.05, 3.63) is 59.3 Å². The molecule has 1 N–H and O–H groups in total. The van der Waals surface area contributed by atoms with Gasteiger partial charge in [-0.3, -0.25) is 9.69 Å². The summed E-state index contributed by atoms with van der Waals surface area (Å²) in [5, 5.41) is 2.98. The van der Waals surface area contributed by atoms with Crippen LogP contribution in [0.25, 0.3) is 0 Å². The van der Waals surface area contributed by atoms with Crippen molar-refractivity contribution >= 4 is 11.7 Å².